The van der Waals surface area contributed by atoms with Crippen LogP contribution >= 0.6 is 23.4 Å². The molecule has 5 nitrogen and oxygen atoms in total. The van der Waals surface area contributed by atoms with Gasteiger partial charge in [-0.2, -0.15) is 0 Å². The lowest BCUT2D eigenvalue weighted by Crippen LogP contribution is -2.18. The van der Waals surface area contributed by atoms with Crippen LogP contribution in [0.1, 0.15) is 11.1 Å². The van der Waals surface area contributed by atoms with Crippen molar-refractivity contribution in [1.82, 2.24) is 19.7 Å². The number of fused-ring (bicyclic) bond motifs is 1. The van der Waals surface area contributed by atoms with Crippen LogP contribution in [0.15, 0.2) is 70.6 Å². The number of aromatic nitrogens is 4. The van der Waals surface area contributed by atoms with Gasteiger partial charge in [0, 0.05) is 16.7 Å². The van der Waals surface area contributed by atoms with Gasteiger partial charge in [0.15, 0.2) is 5.16 Å². The number of benzene rings is 2. The zero-order valence-corrected chi connectivity index (χ0v) is 15.3. The van der Waals surface area contributed by atoms with Crippen molar-refractivity contribution in [3.8, 4) is 0 Å². The fourth-order valence-corrected chi connectivity index (χ4v) is 3.91. The number of thioether (sulfide) groups is 1. The number of para-hydroxylation sites is 1. The summed E-state index contributed by atoms with van der Waals surface area (Å²) >= 11 is 7.78. The maximum Gasteiger partial charge on any atom is 0.344 e. The van der Waals surface area contributed by atoms with Crippen molar-refractivity contribution in [2.45, 2.75) is 17.5 Å². The molecule has 7 heteroatoms. The summed E-state index contributed by atoms with van der Waals surface area (Å²) in [6.07, 6.45) is 0. The van der Waals surface area contributed by atoms with Crippen molar-refractivity contribution in [3.63, 3.8) is 0 Å². The first kappa shape index (κ1) is 16.9. The van der Waals surface area contributed by atoms with Crippen LogP contribution in [0, 0.1) is 0 Å². The van der Waals surface area contributed by atoms with Crippen LogP contribution in [0.4, 0.5) is 0 Å². The molecule has 0 fully saturated rings. The van der Waals surface area contributed by atoms with E-state index in [1.807, 2.05) is 60.7 Å². The number of nitrogens with zero attached hydrogens (tertiary/aromatic N) is 3. The molecule has 0 saturated carbocycles. The molecule has 0 aliphatic rings. The molecule has 0 saturated heterocycles. The van der Waals surface area contributed by atoms with Crippen molar-refractivity contribution in [3.05, 3.63) is 87.4 Å². The number of halogens is 1. The van der Waals surface area contributed by atoms with Crippen LogP contribution < -0.4 is 5.69 Å². The summed E-state index contributed by atoms with van der Waals surface area (Å²) in [5.41, 5.74) is 2.60. The molecule has 0 atom stereocenters. The fourth-order valence-electron chi connectivity index (χ4n) is 2.70. The molecule has 0 aliphatic carbocycles. The third-order valence-corrected chi connectivity index (χ3v) is 5.37. The minimum absolute atomic E-state index is 0.223. The average molecular weight is 383 g/mol. The van der Waals surface area contributed by atoms with Crippen molar-refractivity contribution in [2.75, 3.05) is 0 Å². The van der Waals surface area contributed by atoms with Crippen molar-refractivity contribution in [1.29, 1.82) is 0 Å². The number of pyridine rings is 1. The third kappa shape index (κ3) is 3.52. The van der Waals surface area contributed by atoms with Crippen LogP contribution in [0.3, 0.4) is 0 Å². The summed E-state index contributed by atoms with van der Waals surface area (Å²) in [6.45, 7) is 0.474. The quantitative estimate of drug-likeness (QED) is 0.416. The van der Waals surface area contributed by atoms with Crippen LogP contribution in [-0.2, 0) is 12.3 Å². The van der Waals surface area contributed by atoms with E-state index in [1.54, 1.807) is 4.57 Å². The number of aromatic amines is 1. The van der Waals surface area contributed by atoms with Crippen LogP contribution in [0.25, 0.3) is 10.9 Å². The van der Waals surface area contributed by atoms with Gasteiger partial charge in [0.25, 0.3) is 0 Å². The fraction of sp³-hybridized carbons (Fsp3) is 0.105. The summed E-state index contributed by atoms with van der Waals surface area (Å²) in [5.74, 6) is 0.579. The molecule has 0 amide bonds. The highest BCUT2D eigenvalue weighted by molar-refractivity contribution is 7.98. The van der Waals surface area contributed by atoms with Crippen molar-refractivity contribution in [2.24, 2.45) is 0 Å². The Labute approximate surface area is 159 Å². The number of hydrogen-bond acceptors (Lipinski definition) is 4. The zero-order valence-electron chi connectivity index (χ0n) is 13.7. The van der Waals surface area contributed by atoms with Gasteiger partial charge in [-0.1, -0.05) is 71.9 Å². The second-order valence-corrected chi connectivity index (χ2v) is 7.10. The van der Waals surface area contributed by atoms with E-state index in [2.05, 4.69) is 15.2 Å². The third-order valence-electron chi connectivity index (χ3n) is 4.01. The number of rotatable bonds is 5. The van der Waals surface area contributed by atoms with E-state index >= 15 is 0 Å². The monoisotopic (exact) mass is 382 g/mol. The summed E-state index contributed by atoms with van der Waals surface area (Å²) < 4.78 is 1.63. The first-order valence-electron chi connectivity index (χ1n) is 8.07. The van der Waals surface area contributed by atoms with E-state index in [9.17, 15) is 4.79 Å². The molecular weight excluding hydrogens is 368 g/mol. The standard InChI is InChI=1S/C19H15ClN4OS/c20-17-15(10-14-8-4-5-9-16(14)21-17)12-26-19-23-22-18(25)24(19)11-13-6-2-1-3-7-13/h1-10H,11-12H2,(H,22,25). The largest absolute Gasteiger partial charge is 0.344 e. The van der Waals surface area contributed by atoms with Gasteiger partial charge in [-0.25, -0.2) is 14.9 Å². The number of hydrogen-bond donors (Lipinski definition) is 1. The Hall–Kier alpha value is -2.57. The second-order valence-electron chi connectivity index (χ2n) is 5.80. The Morgan fingerprint density at radius 1 is 1.08 bits per heavy atom. The Balaban J connectivity index is 1.57. The second kappa shape index (κ2) is 7.35. The molecule has 0 unspecified atom stereocenters. The van der Waals surface area contributed by atoms with Crippen LogP contribution in [0.2, 0.25) is 5.15 Å². The minimum Gasteiger partial charge on any atom is -0.266 e. The summed E-state index contributed by atoms with van der Waals surface area (Å²) in [7, 11) is 0. The van der Waals surface area contributed by atoms with Crippen LogP contribution in [0.5, 0.6) is 0 Å². The maximum atomic E-state index is 12.1. The summed E-state index contributed by atoms with van der Waals surface area (Å²) in [4.78, 5) is 16.5. The molecule has 1 N–H and O–H groups in total. The zero-order chi connectivity index (χ0) is 17.9. The Kier molecular flexibility index (Phi) is 4.77. The highest BCUT2D eigenvalue weighted by Crippen LogP contribution is 2.27. The van der Waals surface area contributed by atoms with Gasteiger partial charge in [-0.15, -0.1) is 5.10 Å². The normalized spacial score (nSPS) is 11.1. The minimum atomic E-state index is -0.223. The molecule has 26 heavy (non-hydrogen) atoms. The van der Waals surface area contributed by atoms with Crippen molar-refractivity contribution < 1.29 is 0 Å². The highest BCUT2D eigenvalue weighted by atomic mass is 35.5. The molecular formula is C19H15ClN4OS. The van der Waals surface area contributed by atoms with E-state index in [0.717, 1.165) is 22.0 Å². The lowest BCUT2D eigenvalue weighted by Gasteiger charge is -2.07. The van der Waals surface area contributed by atoms with Gasteiger partial charge in [-0.3, -0.25) is 4.57 Å². The Morgan fingerprint density at radius 2 is 1.85 bits per heavy atom. The first-order valence-corrected chi connectivity index (χ1v) is 9.43. The van der Waals surface area contributed by atoms with E-state index in [0.29, 0.717) is 22.6 Å². The van der Waals surface area contributed by atoms with Gasteiger partial charge in [-0.05, 0) is 17.7 Å². The topological polar surface area (TPSA) is 63.6 Å². The van der Waals surface area contributed by atoms with E-state index in [1.165, 1.54) is 11.8 Å². The maximum absolute atomic E-state index is 12.1. The van der Waals surface area contributed by atoms with E-state index in [-0.39, 0.29) is 5.69 Å². The Morgan fingerprint density at radius 3 is 2.69 bits per heavy atom. The van der Waals surface area contributed by atoms with Gasteiger partial charge in [0.1, 0.15) is 5.15 Å². The molecule has 2 aromatic carbocycles. The molecule has 4 rings (SSSR count). The van der Waals surface area contributed by atoms with Gasteiger partial charge < -0.3 is 0 Å². The average Bonchev–Trinajstić information content (AvgIpc) is 3.01. The molecule has 0 spiro atoms. The number of H-pyrrole nitrogens is 1. The van der Waals surface area contributed by atoms with Crippen LogP contribution in [-0.4, -0.2) is 19.7 Å². The van der Waals surface area contributed by atoms with Crippen molar-refractivity contribution >= 4 is 34.3 Å². The SMILES string of the molecule is O=c1[nH]nc(SCc2cc3ccccc3nc2Cl)n1Cc1ccccc1. The molecule has 0 radical (unpaired) electrons. The van der Waals surface area contributed by atoms with Gasteiger partial charge in [0.05, 0.1) is 12.1 Å². The Bertz CT molecular complexity index is 1110. The lowest BCUT2D eigenvalue weighted by atomic mass is 10.2. The number of nitrogens with one attached hydrogen (secondary N) is 1. The first-order chi connectivity index (χ1) is 12.7. The highest BCUT2D eigenvalue weighted by Gasteiger charge is 2.12. The predicted octanol–water partition coefficient (Wildman–Crippen LogP) is 4.11. The van der Waals surface area contributed by atoms with E-state index < -0.39 is 0 Å². The molecule has 0 bridgehead atoms. The van der Waals surface area contributed by atoms with Gasteiger partial charge >= 0.3 is 5.69 Å². The van der Waals surface area contributed by atoms with E-state index in [4.69, 9.17) is 11.6 Å². The predicted molar refractivity (Wildman–Crippen MR) is 105 cm³/mol. The summed E-state index contributed by atoms with van der Waals surface area (Å²) in [5, 5.41) is 8.81. The molecule has 130 valence electrons. The smallest absolute Gasteiger partial charge is 0.266 e. The lowest BCUT2D eigenvalue weighted by molar-refractivity contribution is 0.687. The van der Waals surface area contributed by atoms with Gasteiger partial charge in [0.2, 0.25) is 0 Å². The summed E-state index contributed by atoms with van der Waals surface area (Å²) in [6, 6.07) is 19.7. The molecule has 2 aromatic heterocycles. The molecule has 2 heterocycles. The molecule has 0 aliphatic heterocycles. The molecule has 4 aromatic rings.